The van der Waals surface area contributed by atoms with Gasteiger partial charge in [0.05, 0.1) is 22.8 Å². The van der Waals surface area contributed by atoms with Gasteiger partial charge in [-0.2, -0.15) is 0 Å². The van der Waals surface area contributed by atoms with Gasteiger partial charge in [-0.05, 0) is 42.7 Å². The number of rotatable bonds is 2. The van der Waals surface area contributed by atoms with Gasteiger partial charge >= 0.3 is 0 Å². The minimum absolute atomic E-state index is 0.315. The summed E-state index contributed by atoms with van der Waals surface area (Å²) in [6.45, 7) is 4.39. The summed E-state index contributed by atoms with van der Waals surface area (Å²) in [5.74, 6) is -1.04. The molecule has 3 nitrogen and oxygen atoms in total. The van der Waals surface area contributed by atoms with E-state index in [0.717, 1.165) is 16.7 Å². The van der Waals surface area contributed by atoms with Gasteiger partial charge in [0.15, 0.2) is 0 Å². The lowest BCUT2D eigenvalue weighted by Crippen LogP contribution is -2.29. The Balaban J connectivity index is 2.07. The van der Waals surface area contributed by atoms with Crippen molar-refractivity contribution in [2.45, 2.75) is 20.4 Å². The van der Waals surface area contributed by atoms with Crippen molar-refractivity contribution in [1.29, 1.82) is 0 Å². The maximum atomic E-state index is 12.3. The molecular weight excluding hydrogens is 286 g/mol. The van der Waals surface area contributed by atoms with Crippen LogP contribution in [0.2, 0.25) is 5.02 Å². The number of anilines is 1. The molecule has 0 aliphatic carbocycles. The third-order valence-electron chi connectivity index (χ3n) is 3.91. The molecule has 0 saturated carbocycles. The monoisotopic (exact) mass is 299 g/mol. The summed E-state index contributed by atoms with van der Waals surface area (Å²) in [4.78, 5) is 25.9. The van der Waals surface area contributed by atoms with Crippen LogP contribution in [0.15, 0.2) is 36.4 Å². The fraction of sp³-hybridized carbons (Fsp3) is 0.176. The Bertz CT molecular complexity index is 747. The van der Waals surface area contributed by atoms with Crippen LogP contribution in [0.3, 0.4) is 0 Å². The van der Waals surface area contributed by atoms with E-state index in [2.05, 4.69) is 0 Å². The molecule has 21 heavy (non-hydrogen) atoms. The van der Waals surface area contributed by atoms with Crippen LogP contribution < -0.4 is 4.90 Å². The molecule has 1 aliphatic heterocycles. The highest BCUT2D eigenvalue weighted by Crippen LogP contribution is 2.35. The molecule has 0 radical (unpaired) electrons. The van der Waals surface area contributed by atoms with E-state index in [4.69, 9.17) is 11.6 Å². The Hall–Kier alpha value is -2.13. The number of hydrogen-bond donors (Lipinski definition) is 0. The molecule has 1 aliphatic rings. The second-order valence-electron chi connectivity index (χ2n) is 5.22. The first-order valence-electron chi connectivity index (χ1n) is 6.70. The predicted octanol–water partition coefficient (Wildman–Crippen LogP) is 3.69. The van der Waals surface area contributed by atoms with Crippen LogP contribution in [-0.2, 0) is 11.3 Å². The van der Waals surface area contributed by atoms with E-state index in [9.17, 15) is 9.59 Å². The molecule has 0 unspecified atom stereocenters. The zero-order chi connectivity index (χ0) is 15.1. The van der Waals surface area contributed by atoms with Crippen molar-refractivity contribution < 1.29 is 9.59 Å². The maximum absolute atomic E-state index is 12.3. The average Bonchev–Trinajstić information content (AvgIpc) is 2.68. The molecule has 1 heterocycles. The quantitative estimate of drug-likeness (QED) is 0.793. The first-order valence-corrected chi connectivity index (χ1v) is 7.08. The number of carbonyl (C=O) groups excluding carboxylic acids is 2. The van der Waals surface area contributed by atoms with Crippen LogP contribution in [0.25, 0.3) is 0 Å². The normalized spacial score (nSPS) is 13.8. The maximum Gasteiger partial charge on any atom is 0.299 e. The van der Waals surface area contributed by atoms with Gasteiger partial charge in [0.2, 0.25) is 0 Å². The summed E-state index contributed by atoms with van der Waals surface area (Å²) in [5, 5.41) is 0.329. The lowest BCUT2D eigenvalue weighted by atomic mass is 10.0. The lowest BCUT2D eigenvalue weighted by molar-refractivity contribution is -0.114. The molecule has 0 spiro atoms. The number of amides is 1. The smallest absolute Gasteiger partial charge is 0.299 e. The lowest BCUT2D eigenvalue weighted by Gasteiger charge is -2.19. The zero-order valence-electron chi connectivity index (χ0n) is 11.8. The van der Waals surface area contributed by atoms with Crippen molar-refractivity contribution in [2.75, 3.05) is 4.90 Å². The van der Waals surface area contributed by atoms with Crippen molar-refractivity contribution in [3.05, 3.63) is 63.7 Å². The number of benzene rings is 2. The Morgan fingerprint density at radius 2 is 1.62 bits per heavy atom. The Morgan fingerprint density at radius 1 is 1.00 bits per heavy atom. The number of Topliss-reactive ketones (excluding diaryl/α,β-unsaturated/α-hetero) is 1. The predicted molar refractivity (Wildman–Crippen MR) is 82.9 cm³/mol. The van der Waals surface area contributed by atoms with Gasteiger partial charge in [0, 0.05) is 0 Å². The number of halogens is 1. The summed E-state index contributed by atoms with van der Waals surface area (Å²) in [7, 11) is 0. The van der Waals surface area contributed by atoms with E-state index in [0.29, 0.717) is 22.8 Å². The molecule has 106 valence electrons. The van der Waals surface area contributed by atoms with Gasteiger partial charge in [-0.3, -0.25) is 9.59 Å². The second kappa shape index (κ2) is 5.01. The Labute approximate surface area is 128 Å². The van der Waals surface area contributed by atoms with E-state index in [1.165, 1.54) is 4.90 Å². The zero-order valence-corrected chi connectivity index (χ0v) is 12.6. The van der Waals surface area contributed by atoms with Crippen LogP contribution >= 0.6 is 11.6 Å². The highest BCUT2D eigenvalue weighted by molar-refractivity contribution is 6.55. The Morgan fingerprint density at radius 3 is 2.29 bits per heavy atom. The van der Waals surface area contributed by atoms with Crippen LogP contribution in [0.4, 0.5) is 5.69 Å². The third kappa shape index (κ3) is 2.14. The first kappa shape index (κ1) is 13.8. The summed E-state index contributed by atoms with van der Waals surface area (Å²) in [5.41, 5.74) is 4.18. The molecule has 3 rings (SSSR count). The molecule has 0 saturated heterocycles. The van der Waals surface area contributed by atoms with Gasteiger partial charge in [-0.1, -0.05) is 35.9 Å². The molecule has 0 fully saturated rings. The highest BCUT2D eigenvalue weighted by atomic mass is 35.5. The molecule has 0 atom stereocenters. The second-order valence-corrected chi connectivity index (χ2v) is 5.63. The SMILES string of the molecule is Cc1cccc(C)c1CN1C(=O)C(=O)c2c(Cl)cccc21. The van der Waals surface area contributed by atoms with Gasteiger partial charge < -0.3 is 4.90 Å². The van der Waals surface area contributed by atoms with Gasteiger partial charge in [0.25, 0.3) is 11.7 Å². The number of nitrogens with zero attached hydrogens (tertiary/aromatic N) is 1. The average molecular weight is 300 g/mol. The van der Waals surface area contributed by atoms with E-state index in [-0.39, 0.29) is 0 Å². The van der Waals surface area contributed by atoms with Crippen molar-refractivity contribution in [3.8, 4) is 0 Å². The van der Waals surface area contributed by atoms with E-state index in [1.54, 1.807) is 18.2 Å². The minimum atomic E-state index is -0.526. The topological polar surface area (TPSA) is 37.4 Å². The molecule has 4 heteroatoms. The third-order valence-corrected chi connectivity index (χ3v) is 4.22. The van der Waals surface area contributed by atoms with Gasteiger partial charge in [-0.25, -0.2) is 0 Å². The van der Waals surface area contributed by atoms with E-state index >= 15 is 0 Å². The highest BCUT2D eigenvalue weighted by Gasteiger charge is 2.37. The number of aryl methyl sites for hydroxylation is 2. The van der Waals surface area contributed by atoms with Crippen molar-refractivity contribution in [1.82, 2.24) is 0 Å². The van der Waals surface area contributed by atoms with Crippen LogP contribution in [0.5, 0.6) is 0 Å². The van der Waals surface area contributed by atoms with Crippen molar-refractivity contribution in [2.24, 2.45) is 0 Å². The van der Waals surface area contributed by atoms with E-state index < -0.39 is 11.7 Å². The summed E-state index contributed by atoms with van der Waals surface area (Å²) >= 11 is 6.06. The van der Waals surface area contributed by atoms with Gasteiger partial charge in [-0.15, -0.1) is 0 Å². The van der Waals surface area contributed by atoms with Crippen LogP contribution in [0.1, 0.15) is 27.0 Å². The summed E-state index contributed by atoms with van der Waals surface area (Å²) < 4.78 is 0. The summed E-state index contributed by atoms with van der Waals surface area (Å²) in [6, 6.07) is 11.1. The molecule has 0 N–H and O–H groups in total. The van der Waals surface area contributed by atoms with Crippen molar-refractivity contribution >= 4 is 29.0 Å². The summed E-state index contributed by atoms with van der Waals surface area (Å²) in [6.07, 6.45) is 0. The van der Waals surface area contributed by atoms with E-state index in [1.807, 2.05) is 32.0 Å². The van der Waals surface area contributed by atoms with Gasteiger partial charge in [0.1, 0.15) is 0 Å². The largest absolute Gasteiger partial charge is 0.300 e. The van der Waals surface area contributed by atoms with Crippen molar-refractivity contribution in [3.63, 3.8) is 0 Å². The first-order chi connectivity index (χ1) is 10.0. The number of hydrogen-bond acceptors (Lipinski definition) is 2. The van der Waals surface area contributed by atoms with Crippen LogP contribution in [0, 0.1) is 13.8 Å². The standard InChI is InChI=1S/C17H14ClNO2/c1-10-5-3-6-11(2)12(10)9-19-14-8-4-7-13(18)15(14)16(20)17(19)21/h3-8H,9H2,1-2H3. The molecular formula is C17H14ClNO2. The molecule has 0 aromatic heterocycles. The molecule has 1 amide bonds. The minimum Gasteiger partial charge on any atom is -0.300 e. The number of carbonyl (C=O) groups is 2. The fourth-order valence-electron chi connectivity index (χ4n) is 2.71. The van der Waals surface area contributed by atoms with Crippen LogP contribution in [-0.4, -0.2) is 11.7 Å². The molecule has 2 aromatic carbocycles. The number of ketones is 1. The molecule has 0 bridgehead atoms. The number of fused-ring (bicyclic) bond motifs is 1. The Kier molecular flexibility index (Phi) is 3.30. The fourth-order valence-corrected chi connectivity index (χ4v) is 2.97. The molecule has 2 aromatic rings.